The smallest absolute Gasteiger partial charge is 0.146 e. The Bertz CT molecular complexity index is 480. The molecule has 1 N–H and O–H groups in total. The first-order chi connectivity index (χ1) is 7.72. The van der Waals surface area contributed by atoms with E-state index in [-0.39, 0.29) is 11.9 Å². The predicted molar refractivity (Wildman–Crippen MR) is 58.3 cm³/mol. The highest BCUT2D eigenvalue weighted by Gasteiger charge is 2.17. The zero-order valence-corrected chi connectivity index (χ0v) is 9.18. The molecule has 0 aliphatic heterocycles. The highest BCUT2D eigenvalue weighted by Crippen LogP contribution is 2.21. The van der Waals surface area contributed by atoms with E-state index in [1.54, 1.807) is 24.0 Å². The van der Waals surface area contributed by atoms with Crippen LogP contribution in [0.25, 0.3) is 0 Å². The van der Waals surface area contributed by atoms with Crippen molar-refractivity contribution in [2.45, 2.75) is 6.04 Å². The molecule has 4 nitrogen and oxygen atoms in total. The second kappa shape index (κ2) is 4.40. The van der Waals surface area contributed by atoms with Crippen LogP contribution in [-0.2, 0) is 7.05 Å². The molecule has 0 aliphatic rings. The van der Waals surface area contributed by atoms with Crippen LogP contribution in [0.4, 0.5) is 4.39 Å². The minimum Gasteiger partial charge on any atom is -0.308 e. The Morgan fingerprint density at radius 2 is 2.25 bits per heavy atom. The van der Waals surface area contributed by atoms with Crippen LogP contribution < -0.4 is 5.32 Å². The van der Waals surface area contributed by atoms with Crippen LogP contribution in [0.15, 0.2) is 30.7 Å². The quantitative estimate of drug-likeness (QED) is 0.846. The second-order valence-electron chi connectivity index (χ2n) is 3.53. The Labute approximate surface area is 93.1 Å². The number of nitrogens with zero attached hydrogens (tertiary/aromatic N) is 3. The molecule has 0 fully saturated rings. The van der Waals surface area contributed by atoms with E-state index in [9.17, 15) is 4.39 Å². The van der Waals surface area contributed by atoms with Crippen molar-refractivity contribution in [1.82, 2.24) is 20.1 Å². The van der Waals surface area contributed by atoms with Gasteiger partial charge < -0.3 is 5.32 Å². The van der Waals surface area contributed by atoms with Gasteiger partial charge in [0, 0.05) is 25.0 Å². The predicted octanol–water partition coefficient (Wildman–Crippen LogP) is 1.26. The van der Waals surface area contributed by atoms with Crippen LogP contribution in [0.3, 0.4) is 0 Å². The second-order valence-corrected chi connectivity index (χ2v) is 3.53. The van der Waals surface area contributed by atoms with Gasteiger partial charge in [-0.2, -0.15) is 5.10 Å². The van der Waals surface area contributed by atoms with E-state index < -0.39 is 0 Å². The van der Waals surface area contributed by atoms with Gasteiger partial charge in [0.15, 0.2) is 0 Å². The maximum Gasteiger partial charge on any atom is 0.146 e. The zero-order valence-electron chi connectivity index (χ0n) is 9.18. The largest absolute Gasteiger partial charge is 0.308 e. The molecule has 0 spiro atoms. The molecule has 2 heterocycles. The zero-order chi connectivity index (χ0) is 11.5. The molecular formula is C11H13FN4. The summed E-state index contributed by atoms with van der Waals surface area (Å²) in [6, 6.07) is 3.27. The fraction of sp³-hybridized carbons (Fsp3) is 0.273. The van der Waals surface area contributed by atoms with Crippen LogP contribution in [-0.4, -0.2) is 21.8 Å². The fourth-order valence-electron chi connectivity index (χ4n) is 1.67. The fourth-order valence-corrected chi connectivity index (χ4v) is 1.67. The van der Waals surface area contributed by atoms with E-state index in [0.717, 1.165) is 5.69 Å². The van der Waals surface area contributed by atoms with Crippen LogP contribution in [0.2, 0.25) is 0 Å². The van der Waals surface area contributed by atoms with E-state index in [0.29, 0.717) is 5.56 Å². The van der Waals surface area contributed by atoms with Gasteiger partial charge >= 0.3 is 0 Å². The van der Waals surface area contributed by atoms with Crippen LogP contribution >= 0.6 is 0 Å². The van der Waals surface area contributed by atoms with E-state index in [1.807, 2.05) is 19.3 Å². The molecule has 1 unspecified atom stereocenters. The summed E-state index contributed by atoms with van der Waals surface area (Å²) in [5.41, 5.74) is 1.34. The van der Waals surface area contributed by atoms with Crippen LogP contribution in [0.1, 0.15) is 17.3 Å². The molecule has 0 aliphatic carbocycles. The first-order valence-electron chi connectivity index (χ1n) is 4.98. The monoisotopic (exact) mass is 220 g/mol. The van der Waals surface area contributed by atoms with Crippen molar-refractivity contribution in [2.24, 2.45) is 7.05 Å². The highest BCUT2D eigenvalue weighted by atomic mass is 19.1. The number of aromatic nitrogens is 3. The van der Waals surface area contributed by atoms with Crippen molar-refractivity contribution in [2.75, 3.05) is 7.05 Å². The van der Waals surface area contributed by atoms with Crippen molar-refractivity contribution in [3.8, 4) is 0 Å². The molecule has 2 aromatic rings. The summed E-state index contributed by atoms with van der Waals surface area (Å²) in [7, 11) is 3.61. The number of halogens is 1. The first kappa shape index (κ1) is 10.8. The number of hydrogen-bond donors (Lipinski definition) is 1. The lowest BCUT2D eigenvalue weighted by atomic mass is 10.1. The third kappa shape index (κ3) is 1.94. The van der Waals surface area contributed by atoms with E-state index in [1.165, 1.54) is 6.20 Å². The van der Waals surface area contributed by atoms with Crippen molar-refractivity contribution >= 4 is 0 Å². The highest BCUT2D eigenvalue weighted by molar-refractivity contribution is 5.26. The standard InChI is InChI=1S/C11H13FN4/c1-13-11(10-4-6-16(2)15-10)8-3-5-14-7-9(8)12/h3-7,11,13H,1-2H3. The Kier molecular flexibility index (Phi) is 2.96. The molecule has 16 heavy (non-hydrogen) atoms. The first-order valence-corrected chi connectivity index (χ1v) is 4.98. The van der Waals surface area contributed by atoms with Gasteiger partial charge in [-0.05, 0) is 19.2 Å². The lowest BCUT2D eigenvalue weighted by molar-refractivity contribution is 0.560. The molecule has 0 amide bonds. The van der Waals surface area contributed by atoms with Gasteiger partial charge in [0.05, 0.1) is 17.9 Å². The number of pyridine rings is 1. The van der Waals surface area contributed by atoms with Gasteiger partial charge in [-0.25, -0.2) is 4.39 Å². The maximum atomic E-state index is 13.6. The molecule has 2 aromatic heterocycles. The molecule has 84 valence electrons. The Morgan fingerprint density at radius 1 is 1.44 bits per heavy atom. The van der Waals surface area contributed by atoms with Gasteiger partial charge in [-0.3, -0.25) is 9.67 Å². The van der Waals surface area contributed by atoms with Gasteiger partial charge in [0.1, 0.15) is 5.82 Å². The minimum atomic E-state index is -0.326. The lowest BCUT2D eigenvalue weighted by Crippen LogP contribution is -2.19. The number of hydrogen-bond acceptors (Lipinski definition) is 3. The Hall–Kier alpha value is -1.75. The normalized spacial score (nSPS) is 12.7. The number of aryl methyl sites for hydroxylation is 1. The summed E-state index contributed by atoms with van der Waals surface area (Å²) in [6.07, 6.45) is 4.62. The average molecular weight is 220 g/mol. The summed E-state index contributed by atoms with van der Waals surface area (Å²) >= 11 is 0. The average Bonchev–Trinajstić information content (AvgIpc) is 2.69. The molecule has 5 heteroatoms. The minimum absolute atomic E-state index is 0.246. The van der Waals surface area contributed by atoms with Gasteiger partial charge in [0.25, 0.3) is 0 Å². The van der Waals surface area contributed by atoms with E-state index in [4.69, 9.17) is 0 Å². The number of nitrogens with one attached hydrogen (secondary N) is 1. The van der Waals surface area contributed by atoms with Crippen LogP contribution in [0, 0.1) is 5.82 Å². The van der Waals surface area contributed by atoms with Crippen molar-refractivity contribution in [3.05, 3.63) is 47.8 Å². The SMILES string of the molecule is CNC(c1ccn(C)n1)c1ccncc1F. The van der Waals surface area contributed by atoms with Crippen molar-refractivity contribution in [1.29, 1.82) is 0 Å². The molecular weight excluding hydrogens is 207 g/mol. The Balaban J connectivity index is 2.40. The third-order valence-electron chi connectivity index (χ3n) is 2.43. The maximum absolute atomic E-state index is 13.6. The van der Waals surface area contributed by atoms with Crippen molar-refractivity contribution in [3.63, 3.8) is 0 Å². The van der Waals surface area contributed by atoms with E-state index in [2.05, 4.69) is 15.4 Å². The molecule has 0 aromatic carbocycles. The van der Waals surface area contributed by atoms with E-state index >= 15 is 0 Å². The van der Waals surface area contributed by atoms with Gasteiger partial charge in [0.2, 0.25) is 0 Å². The van der Waals surface area contributed by atoms with Crippen LogP contribution in [0.5, 0.6) is 0 Å². The topological polar surface area (TPSA) is 42.7 Å². The van der Waals surface area contributed by atoms with Gasteiger partial charge in [-0.15, -0.1) is 0 Å². The molecule has 0 radical (unpaired) electrons. The summed E-state index contributed by atoms with van der Waals surface area (Å²) in [4.78, 5) is 3.73. The molecule has 2 rings (SSSR count). The molecule has 1 atom stereocenters. The van der Waals surface area contributed by atoms with Gasteiger partial charge in [-0.1, -0.05) is 0 Å². The Morgan fingerprint density at radius 3 is 2.81 bits per heavy atom. The lowest BCUT2D eigenvalue weighted by Gasteiger charge is -2.14. The summed E-state index contributed by atoms with van der Waals surface area (Å²) in [6.45, 7) is 0. The summed E-state index contributed by atoms with van der Waals surface area (Å²) in [5.74, 6) is -0.326. The third-order valence-corrected chi connectivity index (χ3v) is 2.43. The summed E-state index contributed by atoms with van der Waals surface area (Å²) < 4.78 is 15.3. The van der Waals surface area contributed by atoms with Crippen molar-refractivity contribution < 1.29 is 4.39 Å². The molecule has 0 bridgehead atoms. The molecule has 0 saturated carbocycles. The molecule has 0 saturated heterocycles. The number of rotatable bonds is 3. The summed E-state index contributed by atoms with van der Waals surface area (Å²) in [5, 5.41) is 7.31.